The van der Waals surface area contributed by atoms with Gasteiger partial charge in [-0.3, -0.25) is 0 Å². The van der Waals surface area contributed by atoms with Gasteiger partial charge in [-0.25, -0.2) is 9.78 Å². The number of nitrogens with zero attached hydrogens (tertiary/aromatic N) is 2. The van der Waals surface area contributed by atoms with Crippen LogP contribution in [0.15, 0.2) is 60.1 Å². The maximum Gasteiger partial charge on any atom is 0.410 e. The molecule has 1 aliphatic heterocycles. The molecular weight excluding hydrogens is 424 g/mol. The van der Waals surface area contributed by atoms with Crippen molar-refractivity contribution in [3.63, 3.8) is 0 Å². The van der Waals surface area contributed by atoms with E-state index in [4.69, 9.17) is 14.2 Å². The summed E-state index contributed by atoms with van der Waals surface area (Å²) in [5.41, 5.74) is 0.575. The number of hydrogen-bond donors (Lipinski definition) is 0. The van der Waals surface area contributed by atoms with E-state index in [1.165, 1.54) is 0 Å². The van der Waals surface area contributed by atoms with Crippen LogP contribution in [0.3, 0.4) is 0 Å². The molecule has 2 aromatic carbocycles. The summed E-state index contributed by atoms with van der Waals surface area (Å²) in [6.07, 6.45) is 3.41. The predicted molar refractivity (Wildman–Crippen MR) is 126 cm³/mol. The molecule has 0 bridgehead atoms. The number of carbonyl (C=O) groups excluding carboxylic acids is 1. The molecule has 0 spiro atoms. The number of likely N-dealkylation sites (tertiary alicyclic amines) is 1. The monoisotopic (exact) mass is 452 g/mol. The van der Waals surface area contributed by atoms with Crippen LogP contribution in [0, 0.1) is 0 Å². The van der Waals surface area contributed by atoms with E-state index in [1.807, 2.05) is 74.7 Å². The molecule has 1 atom stereocenters. The summed E-state index contributed by atoms with van der Waals surface area (Å²) >= 11 is 1.61. The van der Waals surface area contributed by atoms with E-state index in [-0.39, 0.29) is 12.1 Å². The third kappa shape index (κ3) is 5.79. The summed E-state index contributed by atoms with van der Waals surface area (Å²) in [4.78, 5) is 18.5. The largest absolute Gasteiger partial charge is 0.491 e. The van der Waals surface area contributed by atoms with Crippen molar-refractivity contribution in [2.45, 2.75) is 45.3 Å². The topological polar surface area (TPSA) is 60.9 Å². The van der Waals surface area contributed by atoms with Crippen LogP contribution >= 0.6 is 11.3 Å². The van der Waals surface area contributed by atoms with Crippen LogP contribution in [0.5, 0.6) is 17.2 Å². The highest BCUT2D eigenvalue weighted by Gasteiger charge is 2.32. The molecule has 3 aromatic rings. The summed E-state index contributed by atoms with van der Waals surface area (Å²) in [7, 11) is 0. The first-order valence-corrected chi connectivity index (χ1v) is 11.7. The highest BCUT2D eigenvalue weighted by molar-refractivity contribution is 7.13. The normalized spacial score (nSPS) is 16.1. The number of benzene rings is 2. The second kappa shape index (κ2) is 9.61. The number of aromatic nitrogens is 1. The van der Waals surface area contributed by atoms with E-state index in [2.05, 4.69) is 4.98 Å². The van der Waals surface area contributed by atoms with Gasteiger partial charge in [-0.1, -0.05) is 0 Å². The molecule has 1 fully saturated rings. The lowest BCUT2D eigenvalue weighted by atomic mass is 10.2. The van der Waals surface area contributed by atoms with Crippen LogP contribution in [0.2, 0.25) is 0 Å². The molecule has 7 heteroatoms. The van der Waals surface area contributed by atoms with Crippen molar-refractivity contribution in [3.8, 4) is 27.8 Å². The maximum atomic E-state index is 12.4. The van der Waals surface area contributed by atoms with Gasteiger partial charge in [-0.2, -0.15) is 0 Å². The Morgan fingerprint density at radius 2 is 1.72 bits per heavy atom. The molecule has 1 aliphatic rings. The summed E-state index contributed by atoms with van der Waals surface area (Å²) in [5.74, 6) is 2.24. The lowest BCUT2D eigenvalue weighted by molar-refractivity contribution is 0.0187. The van der Waals surface area contributed by atoms with Crippen LogP contribution in [0.1, 0.15) is 33.6 Å². The van der Waals surface area contributed by atoms with Gasteiger partial charge in [0.25, 0.3) is 0 Å². The lowest BCUT2D eigenvalue weighted by Crippen LogP contribution is -2.42. The van der Waals surface area contributed by atoms with Gasteiger partial charge < -0.3 is 19.1 Å². The Hall–Kier alpha value is -3.06. The van der Waals surface area contributed by atoms with Gasteiger partial charge in [0.05, 0.1) is 6.04 Å². The maximum absolute atomic E-state index is 12.4. The first-order chi connectivity index (χ1) is 15.4. The van der Waals surface area contributed by atoms with Crippen molar-refractivity contribution < 1.29 is 19.0 Å². The number of amides is 1. The molecule has 1 unspecified atom stereocenters. The zero-order chi connectivity index (χ0) is 22.6. The molecule has 168 valence electrons. The molecule has 0 saturated carbocycles. The van der Waals surface area contributed by atoms with Crippen LogP contribution in [0.25, 0.3) is 10.6 Å². The third-order valence-electron chi connectivity index (χ3n) is 5.04. The highest BCUT2D eigenvalue weighted by atomic mass is 32.1. The first kappa shape index (κ1) is 22.1. The molecule has 1 aromatic heterocycles. The Morgan fingerprint density at radius 3 is 2.34 bits per heavy atom. The Labute approximate surface area is 192 Å². The summed E-state index contributed by atoms with van der Waals surface area (Å²) in [6.45, 7) is 6.79. The molecule has 32 heavy (non-hydrogen) atoms. The molecule has 2 heterocycles. The van der Waals surface area contributed by atoms with Crippen molar-refractivity contribution >= 4 is 17.4 Å². The van der Waals surface area contributed by atoms with Crippen molar-refractivity contribution in [2.24, 2.45) is 0 Å². The van der Waals surface area contributed by atoms with Crippen LogP contribution in [-0.4, -0.2) is 40.8 Å². The standard InChI is InChI=1S/C25H28N2O4S/c1-25(2,3)31-24(28)27-15-4-5-19(27)17-29-20-10-12-22(13-11-20)30-21-8-6-18(7-9-21)23-26-14-16-32-23/h6-14,16,19H,4-5,15,17H2,1-3H3. The Bertz CT molecular complexity index is 1010. The van der Waals surface area contributed by atoms with E-state index in [9.17, 15) is 4.79 Å². The molecule has 0 aliphatic carbocycles. The number of thiazole rings is 1. The predicted octanol–water partition coefficient (Wildman–Crippen LogP) is 6.38. The zero-order valence-corrected chi connectivity index (χ0v) is 19.4. The van der Waals surface area contributed by atoms with Crippen LogP contribution < -0.4 is 9.47 Å². The number of hydrogen-bond acceptors (Lipinski definition) is 6. The fourth-order valence-electron chi connectivity index (χ4n) is 3.53. The average Bonchev–Trinajstić information content (AvgIpc) is 3.45. The number of rotatable bonds is 6. The van der Waals surface area contributed by atoms with Gasteiger partial charge in [-0.15, -0.1) is 11.3 Å². The van der Waals surface area contributed by atoms with Crippen LogP contribution in [-0.2, 0) is 4.74 Å². The smallest absolute Gasteiger partial charge is 0.410 e. The number of ether oxygens (including phenoxy) is 3. The lowest BCUT2D eigenvalue weighted by Gasteiger charge is -2.28. The fraction of sp³-hybridized carbons (Fsp3) is 0.360. The minimum atomic E-state index is -0.498. The van der Waals surface area contributed by atoms with Crippen molar-refractivity contribution in [2.75, 3.05) is 13.2 Å². The fourth-order valence-corrected chi connectivity index (χ4v) is 4.18. The highest BCUT2D eigenvalue weighted by Crippen LogP contribution is 2.28. The van der Waals surface area contributed by atoms with Gasteiger partial charge in [0.2, 0.25) is 0 Å². The molecule has 0 radical (unpaired) electrons. The summed E-state index contributed by atoms with van der Waals surface area (Å²) in [5, 5.41) is 2.95. The first-order valence-electron chi connectivity index (χ1n) is 10.8. The number of carbonyl (C=O) groups is 1. The molecular formula is C25H28N2O4S. The quantitative estimate of drug-likeness (QED) is 0.434. The van der Waals surface area contributed by atoms with Gasteiger partial charge >= 0.3 is 6.09 Å². The second-order valence-electron chi connectivity index (χ2n) is 8.72. The van der Waals surface area contributed by atoms with E-state index in [1.54, 1.807) is 22.4 Å². The molecule has 4 rings (SSSR count). The molecule has 0 N–H and O–H groups in total. The minimum absolute atomic E-state index is 0.0251. The molecule has 1 amide bonds. The van der Waals surface area contributed by atoms with E-state index in [0.29, 0.717) is 13.2 Å². The molecule has 1 saturated heterocycles. The molecule has 6 nitrogen and oxygen atoms in total. The van der Waals surface area contributed by atoms with Crippen LogP contribution in [0.4, 0.5) is 4.79 Å². The van der Waals surface area contributed by atoms with Crippen molar-refractivity contribution in [3.05, 3.63) is 60.1 Å². The van der Waals surface area contributed by atoms with E-state index in [0.717, 1.165) is 40.7 Å². The average molecular weight is 453 g/mol. The van der Waals surface area contributed by atoms with Crippen molar-refractivity contribution in [1.82, 2.24) is 9.88 Å². The summed E-state index contributed by atoms with van der Waals surface area (Å²) in [6, 6.07) is 15.4. The van der Waals surface area contributed by atoms with Crippen molar-refractivity contribution in [1.29, 1.82) is 0 Å². The summed E-state index contributed by atoms with van der Waals surface area (Å²) < 4.78 is 17.4. The van der Waals surface area contributed by atoms with E-state index >= 15 is 0 Å². The Kier molecular flexibility index (Phi) is 6.65. The van der Waals surface area contributed by atoms with Gasteiger partial charge in [0.15, 0.2) is 0 Å². The van der Waals surface area contributed by atoms with Gasteiger partial charge in [0, 0.05) is 23.7 Å². The third-order valence-corrected chi connectivity index (χ3v) is 5.86. The van der Waals surface area contributed by atoms with Gasteiger partial charge in [0.1, 0.15) is 34.5 Å². The second-order valence-corrected chi connectivity index (χ2v) is 9.61. The zero-order valence-electron chi connectivity index (χ0n) is 18.6. The Balaban J connectivity index is 1.30. The van der Waals surface area contributed by atoms with E-state index < -0.39 is 5.60 Å². The minimum Gasteiger partial charge on any atom is -0.491 e. The SMILES string of the molecule is CC(C)(C)OC(=O)N1CCCC1COc1ccc(Oc2ccc(-c3nccs3)cc2)cc1. The van der Waals surface area contributed by atoms with Gasteiger partial charge in [-0.05, 0) is 82.1 Å². The Morgan fingerprint density at radius 1 is 1.06 bits per heavy atom.